The molecule has 144 valence electrons. The Morgan fingerprint density at radius 3 is 2.79 bits per heavy atom. The van der Waals surface area contributed by atoms with Gasteiger partial charge in [-0.25, -0.2) is 9.37 Å². The molecule has 0 aliphatic carbocycles. The smallest absolute Gasteiger partial charge is 0.255 e. The molecular formula is C19H16FN3O2S3. The van der Waals surface area contributed by atoms with E-state index in [2.05, 4.69) is 10.3 Å². The molecule has 1 fully saturated rings. The number of thioether (sulfide) groups is 1. The molecule has 0 unspecified atom stereocenters. The molecule has 1 aromatic carbocycles. The average Bonchev–Trinajstić information content (AvgIpc) is 3.47. The number of amides is 2. The summed E-state index contributed by atoms with van der Waals surface area (Å²) in [6, 6.07) is 8.83. The van der Waals surface area contributed by atoms with Crippen LogP contribution >= 0.6 is 34.4 Å². The van der Waals surface area contributed by atoms with Crippen molar-refractivity contribution in [1.29, 1.82) is 0 Å². The van der Waals surface area contributed by atoms with E-state index in [0.29, 0.717) is 23.7 Å². The topological polar surface area (TPSA) is 62.3 Å². The zero-order chi connectivity index (χ0) is 19.5. The van der Waals surface area contributed by atoms with E-state index in [0.717, 1.165) is 15.6 Å². The minimum absolute atomic E-state index is 0.203. The molecule has 1 N–H and O–H groups in total. The Hall–Kier alpha value is -2.23. The summed E-state index contributed by atoms with van der Waals surface area (Å²) in [6.45, 7) is 0.320. The van der Waals surface area contributed by atoms with Crippen LogP contribution in [0.1, 0.15) is 16.1 Å². The highest BCUT2D eigenvalue weighted by Gasteiger charge is 2.35. The van der Waals surface area contributed by atoms with Gasteiger partial charge in [0.1, 0.15) is 16.9 Å². The third-order valence-corrected chi connectivity index (χ3v) is 7.21. The molecule has 1 aliphatic rings. The third-order valence-electron chi connectivity index (χ3n) is 4.26. The molecular weight excluding hydrogens is 417 g/mol. The molecule has 9 heteroatoms. The van der Waals surface area contributed by atoms with Gasteiger partial charge in [0, 0.05) is 16.7 Å². The first kappa shape index (κ1) is 19.1. The number of hydrogen-bond donors (Lipinski definition) is 1. The van der Waals surface area contributed by atoms with Crippen LogP contribution in [-0.2, 0) is 11.3 Å². The van der Waals surface area contributed by atoms with Crippen molar-refractivity contribution < 1.29 is 14.0 Å². The maximum Gasteiger partial charge on any atom is 0.255 e. The zero-order valence-corrected chi connectivity index (χ0v) is 17.1. The lowest BCUT2D eigenvalue weighted by Gasteiger charge is -2.23. The van der Waals surface area contributed by atoms with Crippen molar-refractivity contribution in [2.24, 2.45) is 0 Å². The molecule has 1 atom stereocenters. The first-order valence-electron chi connectivity index (χ1n) is 8.52. The fourth-order valence-corrected chi connectivity index (χ4v) is 5.60. The first-order valence-corrected chi connectivity index (χ1v) is 11.4. The highest BCUT2D eigenvalue weighted by molar-refractivity contribution is 7.99. The van der Waals surface area contributed by atoms with Gasteiger partial charge in [0.25, 0.3) is 5.91 Å². The summed E-state index contributed by atoms with van der Waals surface area (Å²) >= 11 is 4.70. The summed E-state index contributed by atoms with van der Waals surface area (Å²) in [4.78, 5) is 32.5. The molecule has 0 saturated carbocycles. The standard InChI is InChI=1S/C19H16FN3O2S3/c20-13-5-3-12(4-6-13)19(25)23-11-26-10-15(23)17(24)21-8-14-9-28-18(22-14)16-2-1-7-27-16/h1-7,9,15H,8,10-11H2,(H,21,24)/t15-/m1/s1. The van der Waals surface area contributed by atoms with Crippen LogP contribution in [0.4, 0.5) is 4.39 Å². The quantitative estimate of drug-likeness (QED) is 0.664. The highest BCUT2D eigenvalue weighted by atomic mass is 32.2. The van der Waals surface area contributed by atoms with Gasteiger partial charge < -0.3 is 10.2 Å². The van der Waals surface area contributed by atoms with Gasteiger partial charge in [-0.2, -0.15) is 0 Å². The van der Waals surface area contributed by atoms with Crippen LogP contribution in [0.2, 0.25) is 0 Å². The summed E-state index contributed by atoms with van der Waals surface area (Å²) in [5, 5.41) is 7.75. The van der Waals surface area contributed by atoms with Crippen LogP contribution < -0.4 is 5.32 Å². The second-order valence-electron chi connectivity index (χ2n) is 6.14. The number of thiophene rings is 1. The van der Waals surface area contributed by atoms with Crippen molar-refractivity contribution in [3.8, 4) is 9.88 Å². The summed E-state index contributed by atoms with van der Waals surface area (Å²) in [7, 11) is 0. The summed E-state index contributed by atoms with van der Waals surface area (Å²) in [5.74, 6) is 0.112. The Bertz CT molecular complexity index is 973. The van der Waals surface area contributed by atoms with Crippen molar-refractivity contribution >= 4 is 46.2 Å². The molecule has 1 saturated heterocycles. The molecule has 0 spiro atoms. The monoisotopic (exact) mass is 433 g/mol. The van der Waals surface area contributed by atoms with Crippen LogP contribution in [-0.4, -0.2) is 39.4 Å². The Morgan fingerprint density at radius 2 is 2.04 bits per heavy atom. The predicted octanol–water partition coefficient (Wildman–Crippen LogP) is 3.84. The van der Waals surface area contributed by atoms with E-state index in [-0.39, 0.29) is 11.8 Å². The Morgan fingerprint density at radius 1 is 1.21 bits per heavy atom. The highest BCUT2D eigenvalue weighted by Crippen LogP contribution is 2.28. The van der Waals surface area contributed by atoms with Gasteiger partial charge in [-0.1, -0.05) is 6.07 Å². The van der Waals surface area contributed by atoms with Crippen molar-refractivity contribution in [3.63, 3.8) is 0 Å². The number of aromatic nitrogens is 1. The summed E-state index contributed by atoms with van der Waals surface area (Å²) < 4.78 is 13.1. The first-order chi connectivity index (χ1) is 13.6. The normalized spacial score (nSPS) is 16.3. The molecule has 3 aromatic rings. The minimum Gasteiger partial charge on any atom is -0.349 e. The second kappa shape index (κ2) is 8.42. The zero-order valence-electron chi connectivity index (χ0n) is 14.6. The van der Waals surface area contributed by atoms with E-state index < -0.39 is 11.9 Å². The van der Waals surface area contributed by atoms with E-state index in [9.17, 15) is 14.0 Å². The Labute approximate surface area is 173 Å². The maximum absolute atomic E-state index is 13.1. The predicted molar refractivity (Wildman–Crippen MR) is 111 cm³/mol. The van der Waals surface area contributed by atoms with E-state index in [1.54, 1.807) is 22.7 Å². The largest absolute Gasteiger partial charge is 0.349 e. The lowest BCUT2D eigenvalue weighted by Crippen LogP contribution is -2.47. The van der Waals surface area contributed by atoms with Gasteiger partial charge in [-0.05, 0) is 35.7 Å². The summed E-state index contributed by atoms with van der Waals surface area (Å²) in [5.41, 5.74) is 1.17. The van der Waals surface area contributed by atoms with E-state index >= 15 is 0 Å². The number of halogens is 1. The van der Waals surface area contributed by atoms with Crippen LogP contribution in [0.3, 0.4) is 0 Å². The fraction of sp³-hybridized carbons (Fsp3) is 0.211. The van der Waals surface area contributed by atoms with Gasteiger partial charge >= 0.3 is 0 Å². The van der Waals surface area contributed by atoms with Crippen LogP contribution in [0.15, 0.2) is 47.2 Å². The number of thiazole rings is 1. The van der Waals surface area contributed by atoms with Crippen molar-refractivity contribution in [3.05, 3.63) is 64.2 Å². The molecule has 2 aromatic heterocycles. The molecule has 5 nitrogen and oxygen atoms in total. The Kier molecular flexibility index (Phi) is 5.74. The molecule has 0 bridgehead atoms. The second-order valence-corrected chi connectivity index (χ2v) is 8.94. The average molecular weight is 434 g/mol. The summed E-state index contributed by atoms with van der Waals surface area (Å²) in [6.07, 6.45) is 0. The van der Waals surface area contributed by atoms with Gasteiger partial charge in [0.05, 0.1) is 23.0 Å². The molecule has 28 heavy (non-hydrogen) atoms. The van der Waals surface area contributed by atoms with Crippen molar-refractivity contribution in [1.82, 2.24) is 15.2 Å². The van der Waals surface area contributed by atoms with Crippen LogP contribution in [0.5, 0.6) is 0 Å². The molecule has 0 radical (unpaired) electrons. The van der Waals surface area contributed by atoms with E-state index in [1.807, 2.05) is 22.9 Å². The number of carbonyl (C=O) groups is 2. The van der Waals surface area contributed by atoms with Crippen molar-refractivity contribution in [2.45, 2.75) is 12.6 Å². The SMILES string of the molecule is O=C(NCc1csc(-c2cccs2)n1)[C@H]1CSCN1C(=O)c1ccc(F)cc1. The number of nitrogens with one attached hydrogen (secondary N) is 1. The van der Waals surface area contributed by atoms with Crippen LogP contribution in [0.25, 0.3) is 9.88 Å². The lowest BCUT2D eigenvalue weighted by molar-refractivity contribution is -0.124. The van der Waals surface area contributed by atoms with Gasteiger partial charge in [0.2, 0.25) is 5.91 Å². The van der Waals surface area contributed by atoms with Gasteiger partial charge in [-0.3, -0.25) is 9.59 Å². The van der Waals surface area contributed by atoms with Gasteiger partial charge in [-0.15, -0.1) is 34.4 Å². The number of hydrogen-bond acceptors (Lipinski definition) is 6. The number of nitrogens with zero attached hydrogens (tertiary/aromatic N) is 2. The number of carbonyl (C=O) groups excluding carboxylic acids is 2. The van der Waals surface area contributed by atoms with E-state index in [4.69, 9.17) is 0 Å². The number of rotatable bonds is 5. The number of benzene rings is 1. The molecule has 3 heterocycles. The molecule has 2 amide bonds. The molecule has 1 aliphatic heterocycles. The Balaban J connectivity index is 1.38. The molecule has 4 rings (SSSR count). The van der Waals surface area contributed by atoms with Crippen LogP contribution in [0, 0.1) is 5.82 Å². The van der Waals surface area contributed by atoms with Gasteiger partial charge in [0.15, 0.2) is 0 Å². The third kappa shape index (κ3) is 4.11. The van der Waals surface area contributed by atoms with Crippen molar-refractivity contribution in [2.75, 3.05) is 11.6 Å². The lowest BCUT2D eigenvalue weighted by atomic mass is 10.1. The fourth-order valence-electron chi connectivity index (χ4n) is 2.82. The minimum atomic E-state index is -0.544. The maximum atomic E-state index is 13.1. The van der Waals surface area contributed by atoms with E-state index in [1.165, 1.54) is 40.9 Å².